The van der Waals surface area contributed by atoms with Crippen molar-refractivity contribution in [2.75, 3.05) is 5.33 Å². The summed E-state index contributed by atoms with van der Waals surface area (Å²) in [5, 5.41) is 5.69. The highest BCUT2D eigenvalue weighted by Gasteiger charge is 2.22. The molecule has 3 heteroatoms. The average molecular weight is 311 g/mol. The predicted octanol–water partition coefficient (Wildman–Crippen LogP) is 4.52. The van der Waals surface area contributed by atoms with Crippen LogP contribution in [0.1, 0.15) is 50.8 Å². The Hall–Kier alpha value is -0.570. The lowest BCUT2D eigenvalue weighted by molar-refractivity contribution is 0.326. The van der Waals surface area contributed by atoms with Gasteiger partial charge >= 0.3 is 0 Å². The summed E-state index contributed by atoms with van der Waals surface area (Å²) in [5.74, 6) is 0. The molecule has 1 saturated carbocycles. The Morgan fingerprint density at radius 1 is 1.50 bits per heavy atom. The second kappa shape index (κ2) is 6.05. The van der Waals surface area contributed by atoms with Crippen LogP contribution < -0.4 is 0 Å². The summed E-state index contributed by atoms with van der Waals surface area (Å²) in [7, 11) is 0. The van der Waals surface area contributed by atoms with Gasteiger partial charge in [-0.2, -0.15) is 5.10 Å². The van der Waals surface area contributed by atoms with Gasteiger partial charge in [0.25, 0.3) is 0 Å². The minimum absolute atomic E-state index is 0.103. The van der Waals surface area contributed by atoms with Crippen LogP contribution in [0.25, 0.3) is 0 Å². The SMILES string of the molecule is C=CC(C)(CBr)Cc1ccn(C2CCCCC2)n1. The molecule has 1 aliphatic carbocycles. The first-order valence-corrected chi connectivity index (χ1v) is 8.02. The van der Waals surface area contributed by atoms with Gasteiger partial charge in [-0.3, -0.25) is 4.68 Å². The summed E-state index contributed by atoms with van der Waals surface area (Å²) >= 11 is 3.57. The maximum absolute atomic E-state index is 4.76. The molecule has 2 nitrogen and oxygen atoms in total. The third-order valence-corrected chi connectivity index (χ3v) is 5.28. The van der Waals surface area contributed by atoms with Crippen LogP contribution in [-0.2, 0) is 6.42 Å². The molecule has 1 atom stereocenters. The zero-order valence-corrected chi connectivity index (χ0v) is 12.8. The molecule has 0 radical (unpaired) electrons. The van der Waals surface area contributed by atoms with Crippen LogP contribution in [0.4, 0.5) is 0 Å². The van der Waals surface area contributed by atoms with Crippen LogP contribution in [0, 0.1) is 5.41 Å². The number of hydrogen-bond acceptors (Lipinski definition) is 1. The number of allylic oxidation sites excluding steroid dienone is 1. The fourth-order valence-electron chi connectivity index (χ4n) is 2.61. The summed E-state index contributed by atoms with van der Waals surface area (Å²) in [6.07, 6.45) is 11.8. The van der Waals surface area contributed by atoms with Crippen LogP contribution in [0.2, 0.25) is 0 Å². The molecule has 1 heterocycles. The van der Waals surface area contributed by atoms with Crippen LogP contribution in [0.5, 0.6) is 0 Å². The lowest BCUT2D eigenvalue weighted by atomic mass is 9.88. The number of rotatable bonds is 5. The summed E-state index contributed by atoms with van der Waals surface area (Å²) < 4.78 is 2.19. The highest BCUT2D eigenvalue weighted by atomic mass is 79.9. The van der Waals surface area contributed by atoms with E-state index in [0.717, 1.165) is 11.8 Å². The topological polar surface area (TPSA) is 17.8 Å². The summed E-state index contributed by atoms with van der Waals surface area (Å²) in [6, 6.07) is 2.80. The summed E-state index contributed by atoms with van der Waals surface area (Å²) in [4.78, 5) is 0. The number of hydrogen-bond donors (Lipinski definition) is 0. The van der Waals surface area contributed by atoms with Gasteiger partial charge in [0.05, 0.1) is 11.7 Å². The van der Waals surface area contributed by atoms with Crippen molar-refractivity contribution < 1.29 is 0 Å². The van der Waals surface area contributed by atoms with Crippen molar-refractivity contribution in [3.05, 3.63) is 30.6 Å². The van der Waals surface area contributed by atoms with Crippen molar-refractivity contribution in [3.8, 4) is 0 Å². The number of aromatic nitrogens is 2. The largest absolute Gasteiger partial charge is 0.269 e. The van der Waals surface area contributed by atoms with E-state index < -0.39 is 0 Å². The molecular formula is C15H23BrN2. The minimum Gasteiger partial charge on any atom is -0.269 e. The molecule has 1 unspecified atom stereocenters. The average Bonchev–Trinajstić information content (AvgIpc) is 2.88. The van der Waals surface area contributed by atoms with E-state index in [1.54, 1.807) is 0 Å². The van der Waals surface area contributed by atoms with E-state index in [-0.39, 0.29) is 5.41 Å². The maximum atomic E-state index is 4.76. The molecule has 0 N–H and O–H groups in total. The molecule has 0 aliphatic heterocycles. The van der Waals surface area contributed by atoms with Gasteiger partial charge in [0.1, 0.15) is 0 Å². The maximum Gasteiger partial charge on any atom is 0.0633 e. The zero-order chi connectivity index (χ0) is 13.0. The fourth-order valence-corrected chi connectivity index (χ4v) is 3.04. The van der Waals surface area contributed by atoms with Crippen LogP contribution in [0.3, 0.4) is 0 Å². The smallest absolute Gasteiger partial charge is 0.0633 e. The molecule has 1 fully saturated rings. The van der Waals surface area contributed by atoms with Crippen molar-refractivity contribution >= 4 is 15.9 Å². The second-order valence-electron chi connectivity index (χ2n) is 5.75. The Morgan fingerprint density at radius 3 is 2.83 bits per heavy atom. The van der Waals surface area contributed by atoms with Crippen LogP contribution in [0.15, 0.2) is 24.9 Å². The third kappa shape index (κ3) is 3.25. The van der Waals surface area contributed by atoms with E-state index >= 15 is 0 Å². The van der Waals surface area contributed by atoms with Crippen molar-refractivity contribution in [1.29, 1.82) is 0 Å². The lowest BCUT2D eigenvalue weighted by Gasteiger charge is -2.23. The Bertz CT molecular complexity index is 393. The summed E-state index contributed by atoms with van der Waals surface area (Å²) in [5.41, 5.74) is 1.29. The predicted molar refractivity (Wildman–Crippen MR) is 80.2 cm³/mol. The standard InChI is InChI=1S/C15H23BrN2/c1-3-15(2,12-16)11-13-9-10-18(17-13)14-7-5-4-6-8-14/h3,9-10,14H,1,4-8,11-12H2,2H3. The van der Waals surface area contributed by atoms with Gasteiger partial charge < -0.3 is 0 Å². The van der Waals surface area contributed by atoms with Gasteiger partial charge in [-0.25, -0.2) is 0 Å². The third-order valence-electron chi connectivity index (χ3n) is 4.00. The first-order valence-electron chi connectivity index (χ1n) is 6.90. The monoisotopic (exact) mass is 310 g/mol. The highest BCUT2D eigenvalue weighted by Crippen LogP contribution is 2.29. The van der Waals surface area contributed by atoms with E-state index in [2.05, 4.69) is 46.4 Å². The molecule has 18 heavy (non-hydrogen) atoms. The molecule has 1 aromatic rings. The molecule has 0 aromatic carbocycles. The van der Waals surface area contributed by atoms with Crippen LogP contribution >= 0.6 is 15.9 Å². The molecule has 0 bridgehead atoms. The van der Waals surface area contributed by atoms with Crippen LogP contribution in [-0.4, -0.2) is 15.1 Å². The Balaban J connectivity index is 2.03. The van der Waals surface area contributed by atoms with E-state index in [4.69, 9.17) is 5.10 Å². The van der Waals surface area contributed by atoms with Gasteiger partial charge in [-0.15, -0.1) is 6.58 Å². The fraction of sp³-hybridized carbons (Fsp3) is 0.667. The number of alkyl halides is 1. The van der Waals surface area contributed by atoms with Gasteiger partial charge in [0.15, 0.2) is 0 Å². The first-order chi connectivity index (χ1) is 8.67. The Labute approximate surface area is 119 Å². The van der Waals surface area contributed by atoms with E-state index in [0.29, 0.717) is 6.04 Å². The highest BCUT2D eigenvalue weighted by molar-refractivity contribution is 9.09. The molecule has 100 valence electrons. The van der Waals surface area contributed by atoms with Crippen molar-refractivity contribution in [3.63, 3.8) is 0 Å². The first kappa shape index (κ1) is 13.9. The van der Waals surface area contributed by atoms with Gasteiger partial charge in [0.2, 0.25) is 0 Å². The van der Waals surface area contributed by atoms with Crippen molar-refractivity contribution in [1.82, 2.24) is 9.78 Å². The van der Waals surface area contributed by atoms with Gasteiger partial charge in [-0.05, 0) is 18.9 Å². The summed E-state index contributed by atoms with van der Waals surface area (Å²) in [6.45, 7) is 6.15. The van der Waals surface area contributed by atoms with E-state index in [1.807, 2.05) is 6.08 Å². The minimum atomic E-state index is 0.103. The number of nitrogens with zero attached hydrogens (tertiary/aromatic N) is 2. The molecule has 0 spiro atoms. The Kier molecular flexibility index (Phi) is 4.66. The molecular weight excluding hydrogens is 288 g/mol. The lowest BCUT2D eigenvalue weighted by Crippen LogP contribution is -2.19. The second-order valence-corrected chi connectivity index (χ2v) is 6.31. The molecule has 0 saturated heterocycles. The Morgan fingerprint density at radius 2 is 2.22 bits per heavy atom. The zero-order valence-electron chi connectivity index (χ0n) is 11.2. The van der Waals surface area contributed by atoms with E-state index in [9.17, 15) is 0 Å². The van der Waals surface area contributed by atoms with Crippen molar-refractivity contribution in [2.45, 2.75) is 51.5 Å². The quantitative estimate of drug-likeness (QED) is 0.577. The molecule has 1 aliphatic rings. The van der Waals surface area contributed by atoms with Gasteiger partial charge in [-0.1, -0.05) is 48.2 Å². The van der Waals surface area contributed by atoms with Gasteiger partial charge in [0, 0.05) is 23.4 Å². The molecule has 2 rings (SSSR count). The number of halogens is 1. The molecule has 0 amide bonds. The normalized spacial score (nSPS) is 20.6. The molecule has 1 aromatic heterocycles. The van der Waals surface area contributed by atoms with Crippen molar-refractivity contribution in [2.24, 2.45) is 5.41 Å². The van der Waals surface area contributed by atoms with E-state index in [1.165, 1.54) is 37.8 Å².